The van der Waals surface area contributed by atoms with Crippen LogP contribution in [0, 0.1) is 6.92 Å². The molecule has 1 aliphatic heterocycles. The number of benzene rings is 1. The Morgan fingerprint density at radius 1 is 1.44 bits per heavy atom. The van der Waals surface area contributed by atoms with Crippen LogP contribution in [0.5, 0.6) is 0 Å². The fraction of sp³-hybridized carbons (Fsp3) is 0.389. The van der Waals surface area contributed by atoms with Gasteiger partial charge in [-0.1, -0.05) is 30.0 Å². The van der Waals surface area contributed by atoms with Crippen LogP contribution < -0.4 is 10.6 Å². The van der Waals surface area contributed by atoms with Crippen molar-refractivity contribution in [3.8, 4) is 0 Å². The molecule has 3 rings (SSSR count). The van der Waals surface area contributed by atoms with Crippen molar-refractivity contribution >= 4 is 40.6 Å². The third-order valence-electron chi connectivity index (χ3n) is 4.28. The van der Waals surface area contributed by atoms with Gasteiger partial charge in [0.1, 0.15) is 0 Å². The second-order valence-electron chi connectivity index (χ2n) is 6.28. The van der Waals surface area contributed by atoms with Gasteiger partial charge in [-0.15, -0.1) is 11.3 Å². The first-order valence-electron chi connectivity index (χ1n) is 8.19. The number of anilines is 1. The number of thioether (sulfide) groups is 1. The summed E-state index contributed by atoms with van der Waals surface area (Å²) in [4.78, 5) is 31.4. The fourth-order valence-electron chi connectivity index (χ4n) is 3.07. The van der Waals surface area contributed by atoms with Crippen LogP contribution in [-0.4, -0.2) is 28.1 Å². The number of thiazole rings is 1. The Bertz CT molecular complexity index is 818. The Labute approximate surface area is 155 Å². The number of nitrogens with two attached hydrogens (primary N) is 1. The van der Waals surface area contributed by atoms with Crippen molar-refractivity contribution < 1.29 is 9.59 Å². The van der Waals surface area contributed by atoms with Crippen molar-refractivity contribution in [2.24, 2.45) is 5.73 Å². The number of amides is 2. The van der Waals surface area contributed by atoms with Gasteiger partial charge < -0.3 is 10.6 Å². The summed E-state index contributed by atoms with van der Waals surface area (Å²) in [6.45, 7) is 5.85. The van der Waals surface area contributed by atoms with E-state index >= 15 is 0 Å². The molecule has 0 saturated heterocycles. The predicted molar refractivity (Wildman–Crippen MR) is 102 cm³/mol. The highest BCUT2D eigenvalue weighted by Crippen LogP contribution is 2.36. The Hall–Kier alpha value is -1.86. The zero-order valence-electron chi connectivity index (χ0n) is 14.5. The average Bonchev–Trinajstić information content (AvgIpc) is 3.05. The summed E-state index contributed by atoms with van der Waals surface area (Å²) in [5.41, 5.74) is 8.31. The molecule has 2 heterocycles. The first-order valence-corrected chi connectivity index (χ1v) is 9.88. The van der Waals surface area contributed by atoms with Gasteiger partial charge in [0.15, 0.2) is 4.34 Å². The number of primary amides is 1. The van der Waals surface area contributed by atoms with E-state index < -0.39 is 0 Å². The molecule has 0 fully saturated rings. The molecule has 5 nitrogen and oxygen atoms in total. The monoisotopic (exact) mass is 375 g/mol. The molecule has 2 aromatic rings. The standard InChI is InChI=1S/C18H21N3O2S2/c1-10-8-13-6-4-5-7-14(13)21(10)17(23)12(3)24-18-20-11(2)15(25-18)9-16(19)22/h4-7,10,12H,8-9H2,1-3H3,(H2,19,22). The molecular formula is C18H21N3O2S2. The van der Waals surface area contributed by atoms with Gasteiger partial charge in [0, 0.05) is 16.6 Å². The summed E-state index contributed by atoms with van der Waals surface area (Å²) < 4.78 is 0.801. The van der Waals surface area contributed by atoms with Crippen LogP contribution >= 0.6 is 23.1 Å². The SMILES string of the molecule is Cc1nc(SC(C)C(=O)N2c3ccccc3CC2C)sc1CC(N)=O. The van der Waals surface area contributed by atoms with Crippen LogP contribution in [0.15, 0.2) is 28.6 Å². The van der Waals surface area contributed by atoms with Crippen molar-refractivity contribution in [3.05, 3.63) is 40.4 Å². The minimum absolute atomic E-state index is 0.0896. The lowest BCUT2D eigenvalue weighted by Crippen LogP contribution is -2.40. The Kier molecular flexibility index (Phi) is 5.15. The van der Waals surface area contributed by atoms with Gasteiger partial charge in [0.2, 0.25) is 11.8 Å². The third kappa shape index (κ3) is 3.72. The quantitative estimate of drug-likeness (QED) is 0.815. The van der Waals surface area contributed by atoms with E-state index in [0.29, 0.717) is 0 Å². The molecule has 132 valence electrons. The molecule has 1 aromatic heterocycles. The van der Waals surface area contributed by atoms with Crippen molar-refractivity contribution in [2.75, 3.05) is 4.90 Å². The molecule has 1 aromatic carbocycles. The number of fused-ring (bicyclic) bond motifs is 1. The van der Waals surface area contributed by atoms with E-state index in [4.69, 9.17) is 5.73 Å². The van der Waals surface area contributed by atoms with E-state index in [1.54, 1.807) is 0 Å². The zero-order valence-corrected chi connectivity index (χ0v) is 16.1. The van der Waals surface area contributed by atoms with Crippen molar-refractivity contribution in [1.82, 2.24) is 4.98 Å². The van der Waals surface area contributed by atoms with Crippen LogP contribution in [0.25, 0.3) is 0 Å². The zero-order chi connectivity index (χ0) is 18.1. The smallest absolute Gasteiger partial charge is 0.240 e. The van der Waals surface area contributed by atoms with E-state index in [1.807, 2.05) is 36.9 Å². The molecule has 0 spiro atoms. The van der Waals surface area contributed by atoms with Gasteiger partial charge in [-0.2, -0.15) is 0 Å². The molecule has 0 aliphatic carbocycles. The number of carbonyl (C=O) groups excluding carboxylic acids is 2. The molecule has 2 atom stereocenters. The summed E-state index contributed by atoms with van der Waals surface area (Å²) in [5, 5.41) is -0.249. The van der Waals surface area contributed by atoms with E-state index in [2.05, 4.69) is 18.0 Å². The lowest BCUT2D eigenvalue weighted by Gasteiger charge is -2.25. The highest BCUT2D eigenvalue weighted by Gasteiger charge is 2.33. The summed E-state index contributed by atoms with van der Waals surface area (Å²) in [6.07, 6.45) is 1.08. The molecular weight excluding hydrogens is 354 g/mol. The van der Waals surface area contributed by atoms with Crippen LogP contribution in [0.4, 0.5) is 5.69 Å². The molecule has 0 radical (unpaired) electrons. The second-order valence-corrected chi connectivity index (χ2v) is 8.95. The van der Waals surface area contributed by atoms with Crippen molar-refractivity contribution in [2.45, 2.75) is 49.2 Å². The van der Waals surface area contributed by atoms with E-state index in [1.165, 1.54) is 28.7 Å². The number of hydrogen-bond donors (Lipinski definition) is 1. The molecule has 25 heavy (non-hydrogen) atoms. The largest absolute Gasteiger partial charge is 0.369 e. The lowest BCUT2D eigenvalue weighted by molar-refractivity contribution is -0.118. The van der Waals surface area contributed by atoms with Crippen molar-refractivity contribution in [3.63, 3.8) is 0 Å². The third-order valence-corrected chi connectivity index (χ3v) is 6.62. The lowest BCUT2D eigenvalue weighted by atomic mass is 10.1. The maximum Gasteiger partial charge on any atom is 0.240 e. The van der Waals surface area contributed by atoms with Gasteiger partial charge >= 0.3 is 0 Å². The number of rotatable bonds is 5. The number of para-hydroxylation sites is 1. The van der Waals surface area contributed by atoms with Gasteiger partial charge in [0.25, 0.3) is 0 Å². The van der Waals surface area contributed by atoms with Crippen LogP contribution in [0.3, 0.4) is 0 Å². The van der Waals surface area contributed by atoms with Gasteiger partial charge in [-0.25, -0.2) is 4.98 Å². The Balaban J connectivity index is 1.74. The highest BCUT2D eigenvalue weighted by molar-refractivity contribution is 8.02. The Morgan fingerprint density at radius 2 is 2.16 bits per heavy atom. The molecule has 0 bridgehead atoms. The normalized spacial score (nSPS) is 17.4. The molecule has 2 unspecified atom stereocenters. The van der Waals surface area contributed by atoms with Gasteiger partial charge in [-0.05, 0) is 38.8 Å². The summed E-state index contributed by atoms with van der Waals surface area (Å²) in [6, 6.07) is 8.23. The maximum absolute atomic E-state index is 13.0. The minimum Gasteiger partial charge on any atom is -0.369 e. The molecule has 1 aliphatic rings. The topological polar surface area (TPSA) is 76.3 Å². The number of hydrogen-bond acceptors (Lipinski definition) is 5. The number of nitrogens with zero attached hydrogens (tertiary/aromatic N) is 2. The van der Waals surface area contributed by atoms with Crippen LogP contribution in [0.2, 0.25) is 0 Å². The summed E-state index contributed by atoms with van der Waals surface area (Å²) >= 11 is 2.88. The highest BCUT2D eigenvalue weighted by atomic mass is 32.2. The minimum atomic E-state index is -0.366. The van der Waals surface area contributed by atoms with E-state index in [9.17, 15) is 9.59 Å². The molecule has 2 N–H and O–H groups in total. The van der Waals surface area contributed by atoms with E-state index in [0.717, 1.165) is 27.0 Å². The average molecular weight is 376 g/mol. The second kappa shape index (κ2) is 7.17. The molecule has 7 heteroatoms. The summed E-state index contributed by atoms with van der Waals surface area (Å²) in [7, 11) is 0. The van der Waals surface area contributed by atoms with Gasteiger partial charge in [-0.3, -0.25) is 9.59 Å². The molecule has 0 saturated carbocycles. The van der Waals surface area contributed by atoms with Crippen LogP contribution in [0.1, 0.15) is 30.0 Å². The maximum atomic E-state index is 13.0. The number of aromatic nitrogens is 1. The van der Waals surface area contributed by atoms with E-state index in [-0.39, 0.29) is 29.5 Å². The first kappa shape index (κ1) is 17.9. The fourth-order valence-corrected chi connectivity index (χ4v) is 5.51. The van der Waals surface area contributed by atoms with Gasteiger partial charge in [0.05, 0.1) is 17.4 Å². The molecule has 2 amide bonds. The first-order chi connectivity index (χ1) is 11.9. The Morgan fingerprint density at radius 3 is 2.88 bits per heavy atom. The number of carbonyl (C=O) groups is 2. The summed E-state index contributed by atoms with van der Waals surface area (Å²) in [5.74, 6) is -0.276. The predicted octanol–water partition coefficient (Wildman–Crippen LogP) is 2.94. The van der Waals surface area contributed by atoms with Crippen molar-refractivity contribution in [1.29, 1.82) is 0 Å². The number of aryl methyl sites for hydroxylation is 1. The van der Waals surface area contributed by atoms with Crippen LogP contribution in [-0.2, 0) is 22.4 Å².